The Labute approximate surface area is 121 Å². The van der Waals surface area contributed by atoms with E-state index in [-0.39, 0.29) is 16.9 Å². The summed E-state index contributed by atoms with van der Waals surface area (Å²) < 4.78 is 5.27. The van der Waals surface area contributed by atoms with Gasteiger partial charge in [-0.15, -0.1) is 0 Å². The number of aryl methyl sites for hydroxylation is 1. The molecule has 21 heavy (non-hydrogen) atoms. The molecule has 2 saturated heterocycles. The van der Waals surface area contributed by atoms with Crippen molar-refractivity contribution in [1.82, 2.24) is 14.9 Å². The number of hydrogen-bond donors (Lipinski definition) is 2. The van der Waals surface area contributed by atoms with Crippen molar-refractivity contribution in [2.45, 2.75) is 18.9 Å². The Balaban J connectivity index is 1.66. The highest BCUT2D eigenvalue weighted by molar-refractivity contribution is 6.09. The number of pyridine rings is 1. The standard InChI is InChI=1S/C15H17N3O3/c1-9-4-17-14(20)12-10(5-16-13(9)12)11(19)6-18-3-2-15(18)7-21-8-15/h4-5,16H,2-3,6-8H2,1H3,(H,17,20). The molecule has 2 N–H and O–H groups in total. The van der Waals surface area contributed by atoms with Crippen molar-refractivity contribution >= 4 is 16.7 Å². The van der Waals surface area contributed by atoms with E-state index in [4.69, 9.17) is 4.74 Å². The number of likely N-dealkylation sites (tertiary alicyclic amines) is 1. The molecule has 2 fully saturated rings. The van der Waals surface area contributed by atoms with Crippen LogP contribution in [-0.2, 0) is 4.74 Å². The minimum absolute atomic E-state index is 0.0108. The van der Waals surface area contributed by atoms with Gasteiger partial charge < -0.3 is 14.7 Å². The third-order valence-corrected chi connectivity index (χ3v) is 4.82. The molecule has 6 nitrogen and oxygen atoms in total. The van der Waals surface area contributed by atoms with Crippen molar-refractivity contribution in [3.05, 3.63) is 33.9 Å². The molecule has 110 valence electrons. The first kappa shape index (κ1) is 12.8. The molecule has 6 heteroatoms. The molecule has 0 unspecified atom stereocenters. The van der Waals surface area contributed by atoms with Crippen molar-refractivity contribution < 1.29 is 9.53 Å². The molecule has 0 bridgehead atoms. The van der Waals surface area contributed by atoms with Crippen LogP contribution in [0.4, 0.5) is 0 Å². The Hall–Kier alpha value is -1.92. The van der Waals surface area contributed by atoms with Crippen LogP contribution in [0.3, 0.4) is 0 Å². The molecule has 0 saturated carbocycles. The summed E-state index contributed by atoms with van der Waals surface area (Å²) >= 11 is 0. The first-order valence-corrected chi connectivity index (χ1v) is 7.16. The number of nitrogens with zero attached hydrogens (tertiary/aromatic N) is 1. The minimum Gasteiger partial charge on any atom is -0.377 e. The molecule has 4 rings (SSSR count). The number of ether oxygens (including phenoxy) is 1. The van der Waals surface area contributed by atoms with Crippen LogP contribution in [-0.4, -0.2) is 52.5 Å². The highest BCUT2D eigenvalue weighted by Crippen LogP contribution is 2.37. The zero-order valence-electron chi connectivity index (χ0n) is 11.9. The van der Waals surface area contributed by atoms with E-state index in [1.165, 1.54) is 0 Å². The molecular formula is C15H17N3O3. The van der Waals surface area contributed by atoms with Crippen molar-refractivity contribution in [2.75, 3.05) is 26.3 Å². The van der Waals surface area contributed by atoms with E-state index in [0.717, 1.165) is 24.0 Å². The van der Waals surface area contributed by atoms with Gasteiger partial charge in [0.2, 0.25) is 0 Å². The summed E-state index contributed by atoms with van der Waals surface area (Å²) in [6, 6.07) is 0. The van der Waals surface area contributed by atoms with Crippen LogP contribution in [0, 0.1) is 6.92 Å². The van der Waals surface area contributed by atoms with Gasteiger partial charge in [-0.3, -0.25) is 14.5 Å². The quantitative estimate of drug-likeness (QED) is 0.819. The predicted molar refractivity (Wildman–Crippen MR) is 77.7 cm³/mol. The molecule has 0 radical (unpaired) electrons. The molecule has 2 aliphatic heterocycles. The van der Waals surface area contributed by atoms with E-state index >= 15 is 0 Å². The van der Waals surface area contributed by atoms with Gasteiger partial charge in [0.25, 0.3) is 5.56 Å². The number of nitrogens with one attached hydrogen (secondary N) is 2. The van der Waals surface area contributed by atoms with Crippen molar-refractivity contribution in [1.29, 1.82) is 0 Å². The number of aromatic nitrogens is 2. The van der Waals surface area contributed by atoms with Gasteiger partial charge in [-0.1, -0.05) is 0 Å². The first-order valence-electron chi connectivity index (χ1n) is 7.16. The van der Waals surface area contributed by atoms with Crippen LogP contribution in [0.15, 0.2) is 17.2 Å². The lowest BCUT2D eigenvalue weighted by Crippen LogP contribution is -2.71. The molecule has 2 aliphatic rings. The number of carbonyl (C=O) groups excluding carboxylic acids is 1. The third-order valence-electron chi connectivity index (χ3n) is 4.82. The van der Waals surface area contributed by atoms with Gasteiger partial charge in [0.15, 0.2) is 5.78 Å². The Morgan fingerprint density at radius 3 is 2.81 bits per heavy atom. The number of rotatable bonds is 3. The number of Topliss-reactive ketones (excluding diaryl/α,β-unsaturated/α-hetero) is 1. The maximum Gasteiger partial charge on any atom is 0.258 e. The Kier molecular flexibility index (Phi) is 2.61. The fraction of sp³-hybridized carbons (Fsp3) is 0.467. The van der Waals surface area contributed by atoms with E-state index in [1.807, 2.05) is 6.92 Å². The number of fused-ring (bicyclic) bond motifs is 1. The van der Waals surface area contributed by atoms with Crippen molar-refractivity contribution in [3.63, 3.8) is 0 Å². The second-order valence-corrected chi connectivity index (χ2v) is 6.07. The van der Waals surface area contributed by atoms with Crippen LogP contribution >= 0.6 is 0 Å². The average molecular weight is 287 g/mol. The molecule has 0 atom stereocenters. The highest BCUT2D eigenvalue weighted by Gasteiger charge is 2.51. The van der Waals surface area contributed by atoms with Gasteiger partial charge in [0, 0.05) is 24.5 Å². The summed E-state index contributed by atoms with van der Waals surface area (Å²) in [5.41, 5.74) is 2.02. The van der Waals surface area contributed by atoms with Gasteiger partial charge in [0.05, 0.1) is 36.2 Å². The zero-order valence-corrected chi connectivity index (χ0v) is 11.9. The number of carbonyl (C=O) groups is 1. The summed E-state index contributed by atoms with van der Waals surface area (Å²) in [6.07, 6.45) is 4.40. The van der Waals surface area contributed by atoms with Gasteiger partial charge >= 0.3 is 0 Å². The Morgan fingerprint density at radius 2 is 2.19 bits per heavy atom. The number of ketones is 1. The number of hydrogen-bond acceptors (Lipinski definition) is 4. The molecule has 2 aromatic rings. The number of H-pyrrole nitrogens is 2. The van der Waals surface area contributed by atoms with Crippen LogP contribution < -0.4 is 5.56 Å². The minimum atomic E-state index is -0.217. The van der Waals surface area contributed by atoms with Gasteiger partial charge in [-0.25, -0.2) is 0 Å². The lowest BCUT2D eigenvalue weighted by molar-refractivity contribution is -0.187. The third kappa shape index (κ3) is 1.72. The summed E-state index contributed by atoms with van der Waals surface area (Å²) in [5.74, 6) is -0.0108. The van der Waals surface area contributed by atoms with Gasteiger partial charge in [-0.05, 0) is 18.9 Å². The normalized spacial score (nSPS) is 20.4. The van der Waals surface area contributed by atoms with Gasteiger partial charge in [-0.2, -0.15) is 0 Å². The lowest BCUT2D eigenvalue weighted by Gasteiger charge is -2.57. The lowest BCUT2D eigenvalue weighted by atomic mass is 9.82. The van der Waals surface area contributed by atoms with E-state index < -0.39 is 0 Å². The zero-order chi connectivity index (χ0) is 14.6. The smallest absolute Gasteiger partial charge is 0.258 e. The summed E-state index contributed by atoms with van der Waals surface area (Å²) in [6.45, 7) is 4.61. The van der Waals surface area contributed by atoms with Crippen LogP contribution in [0.1, 0.15) is 22.3 Å². The molecule has 0 aliphatic carbocycles. The molecule has 2 aromatic heterocycles. The monoisotopic (exact) mass is 287 g/mol. The van der Waals surface area contributed by atoms with E-state index in [0.29, 0.717) is 30.7 Å². The molecular weight excluding hydrogens is 270 g/mol. The maximum atomic E-state index is 12.6. The van der Waals surface area contributed by atoms with E-state index in [9.17, 15) is 9.59 Å². The SMILES string of the molecule is Cc1c[nH]c(=O)c2c(C(=O)CN3CCC34COC4)c[nH]c12. The summed E-state index contributed by atoms with van der Waals surface area (Å²) in [4.78, 5) is 32.5. The summed E-state index contributed by atoms with van der Waals surface area (Å²) in [7, 11) is 0. The fourth-order valence-electron chi connectivity index (χ4n) is 3.26. The Morgan fingerprint density at radius 1 is 1.38 bits per heavy atom. The predicted octanol–water partition coefficient (Wildman–Crippen LogP) is 0.822. The van der Waals surface area contributed by atoms with Crippen LogP contribution in [0.5, 0.6) is 0 Å². The molecule has 4 heterocycles. The average Bonchev–Trinajstić information content (AvgIpc) is 2.83. The van der Waals surface area contributed by atoms with E-state index in [2.05, 4.69) is 14.9 Å². The first-order chi connectivity index (χ1) is 10.1. The van der Waals surface area contributed by atoms with E-state index in [1.54, 1.807) is 12.4 Å². The second kappa shape index (κ2) is 4.29. The second-order valence-electron chi connectivity index (χ2n) is 6.07. The molecule has 0 aromatic carbocycles. The maximum absolute atomic E-state index is 12.6. The largest absolute Gasteiger partial charge is 0.377 e. The van der Waals surface area contributed by atoms with Crippen molar-refractivity contribution in [3.8, 4) is 0 Å². The fourth-order valence-corrected chi connectivity index (χ4v) is 3.26. The molecule has 1 spiro atoms. The Bertz CT molecular complexity index is 780. The summed E-state index contributed by atoms with van der Waals surface area (Å²) in [5, 5.41) is 0.472. The number of aromatic amines is 2. The molecule has 0 amide bonds. The van der Waals surface area contributed by atoms with Crippen molar-refractivity contribution in [2.24, 2.45) is 0 Å². The highest BCUT2D eigenvalue weighted by atomic mass is 16.5. The van der Waals surface area contributed by atoms with Crippen LogP contribution in [0.2, 0.25) is 0 Å². The van der Waals surface area contributed by atoms with Gasteiger partial charge in [0.1, 0.15) is 0 Å². The van der Waals surface area contributed by atoms with Crippen LogP contribution in [0.25, 0.3) is 10.9 Å². The topological polar surface area (TPSA) is 78.2 Å².